The third-order valence-corrected chi connectivity index (χ3v) is 3.40. The summed E-state index contributed by atoms with van der Waals surface area (Å²) < 4.78 is 22.3. The molecule has 2 aromatic rings. The van der Waals surface area contributed by atoms with Gasteiger partial charge < -0.3 is 18.9 Å². The first kappa shape index (κ1) is 22.0. The van der Waals surface area contributed by atoms with E-state index in [0.29, 0.717) is 13.2 Å². The number of hydrogen-bond donors (Lipinski definition) is 0. The van der Waals surface area contributed by atoms with Gasteiger partial charge in [0.2, 0.25) is 21.1 Å². The van der Waals surface area contributed by atoms with Crippen molar-refractivity contribution in [1.29, 1.82) is 0 Å². The molecule has 2 rings (SSSR count). The second kappa shape index (κ2) is 10.9. The molecule has 14 heteroatoms. The summed E-state index contributed by atoms with van der Waals surface area (Å²) in [6.07, 6.45) is -1.66. The molecule has 27 heavy (non-hydrogen) atoms. The molecule has 0 aliphatic rings. The molecule has 0 aliphatic heterocycles. The molecule has 10 nitrogen and oxygen atoms in total. The van der Waals surface area contributed by atoms with E-state index in [1.165, 1.54) is 0 Å². The number of hydrogen-bond acceptors (Lipinski definition) is 10. The smallest absolute Gasteiger partial charge is 0.322 e. The van der Waals surface area contributed by atoms with Crippen molar-refractivity contribution in [1.82, 2.24) is 29.9 Å². The lowest BCUT2D eigenvalue weighted by molar-refractivity contribution is -0.189. The highest BCUT2D eigenvalue weighted by molar-refractivity contribution is 6.31. The van der Waals surface area contributed by atoms with Crippen molar-refractivity contribution in [2.75, 3.05) is 19.8 Å². The third kappa shape index (κ3) is 7.32. The maximum Gasteiger partial charge on any atom is 0.322 e. The predicted molar refractivity (Wildman–Crippen MR) is 96.6 cm³/mol. The molecule has 2 aromatic heterocycles. The van der Waals surface area contributed by atoms with E-state index in [-0.39, 0.29) is 39.8 Å². The number of ether oxygens (including phenoxy) is 4. The van der Waals surface area contributed by atoms with E-state index in [2.05, 4.69) is 29.9 Å². The zero-order valence-corrected chi connectivity index (χ0v) is 17.1. The van der Waals surface area contributed by atoms with E-state index in [4.69, 9.17) is 65.4 Å². The highest BCUT2D eigenvalue weighted by Gasteiger charge is 2.27. The molecular weight excluding hydrogens is 446 g/mol. The first-order chi connectivity index (χ1) is 12.9. The number of nitrogens with zero attached hydrogens (tertiary/aromatic N) is 6. The molecule has 0 radical (unpaired) electrons. The summed E-state index contributed by atoms with van der Waals surface area (Å²) in [6.45, 7) is 4.18. The standard InChI is InChI=1S/C13H14Cl4N6O4/c1-3-24-7(25-4-2)6(27-13-22-10(16)19-11(17)23-13)5-26-12-20-8(14)18-9(15)21-12/h6-7H,3-5H2,1-2H3. The average molecular weight is 460 g/mol. The Labute approximate surface area is 174 Å². The second-order valence-electron chi connectivity index (χ2n) is 4.56. The van der Waals surface area contributed by atoms with Crippen LogP contribution < -0.4 is 9.47 Å². The molecule has 148 valence electrons. The molecule has 0 bridgehead atoms. The van der Waals surface area contributed by atoms with Gasteiger partial charge in [-0.15, -0.1) is 0 Å². The van der Waals surface area contributed by atoms with E-state index >= 15 is 0 Å². The second-order valence-corrected chi connectivity index (χ2v) is 5.91. The first-order valence-electron chi connectivity index (χ1n) is 7.58. The monoisotopic (exact) mass is 458 g/mol. The van der Waals surface area contributed by atoms with Gasteiger partial charge in [0.25, 0.3) is 0 Å². The molecule has 0 fully saturated rings. The SMILES string of the molecule is CCOC(OCC)C(COc1nc(Cl)nc(Cl)n1)Oc1nc(Cl)nc(Cl)n1. The van der Waals surface area contributed by atoms with Crippen LogP contribution in [-0.4, -0.2) is 62.1 Å². The van der Waals surface area contributed by atoms with E-state index < -0.39 is 12.4 Å². The van der Waals surface area contributed by atoms with Crippen LogP contribution in [0.25, 0.3) is 0 Å². The Morgan fingerprint density at radius 2 is 1.15 bits per heavy atom. The van der Waals surface area contributed by atoms with Crippen LogP contribution in [0.1, 0.15) is 13.8 Å². The Kier molecular flexibility index (Phi) is 8.87. The van der Waals surface area contributed by atoms with E-state index in [1.54, 1.807) is 13.8 Å². The van der Waals surface area contributed by atoms with E-state index in [0.717, 1.165) is 0 Å². The van der Waals surface area contributed by atoms with Crippen molar-refractivity contribution in [3.8, 4) is 12.0 Å². The molecule has 1 unspecified atom stereocenters. The number of aromatic nitrogens is 6. The quantitative estimate of drug-likeness (QED) is 0.491. The van der Waals surface area contributed by atoms with Gasteiger partial charge >= 0.3 is 12.0 Å². The van der Waals surface area contributed by atoms with Crippen molar-refractivity contribution in [2.24, 2.45) is 0 Å². The maximum atomic E-state index is 5.77. The molecule has 0 aromatic carbocycles. The minimum absolute atomic E-state index is 0.105. The topological polar surface area (TPSA) is 114 Å². The van der Waals surface area contributed by atoms with Gasteiger partial charge in [-0.25, -0.2) is 0 Å². The lowest BCUT2D eigenvalue weighted by atomic mass is 10.3. The average Bonchev–Trinajstić information content (AvgIpc) is 2.57. The highest BCUT2D eigenvalue weighted by Crippen LogP contribution is 2.17. The van der Waals surface area contributed by atoms with Crippen LogP contribution in [0.4, 0.5) is 0 Å². The largest absolute Gasteiger partial charge is 0.459 e. The van der Waals surface area contributed by atoms with Crippen molar-refractivity contribution < 1.29 is 18.9 Å². The summed E-state index contributed by atoms with van der Waals surface area (Å²) in [5, 5.41) is -0.510. The fourth-order valence-corrected chi connectivity index (χ4v) is 2.48. The van der Waals surface area contributed by atoms with Crippen molar-refractivity contribution in [2.45, 2.75) is 26.2 Å². The van der Waals surface area contributed by atoms with Crippen LogP contribution in [0.2, 0.25) is 21.1 Å². The zero-order chi connectivity index (χ0) is 19.8. The van der Waals surface area contributed by atoms with Crippen LogP contribution in [0.15, 0.2) is 0 Å². The molecule has 0 N–H and O–H groups in total. The Hall–Kier alpha value is -1.30. The van der Waals surface area contributed by atoms with Crippen LogP contribution in [0, 0.1) is 0 Å². The fraction of sp³-hybridized carbons (Fsp3) is 0.538. The van der Waals surface area contributed by atoms with E-state index in [1.807, 2.05) is 0 Å². The lowest BCUT2D eigenvalue weighted by Gasteiger charge is -2.26. The third-order valence-electron chi connectivity index (χ3n) is 2.72. The van der Waals surface area contributed by atoms with Crippen molar-refractivity contribution in [3.63, 3.8) is 0 Å². The predicted octanol–water partition coefficient (Wildman–Crippen LogP) is 2.90. The molecular formula is C13H14Cl4N6O4. The lowest BCUT2D eigenvalue weighted by Crippen LogP contribution is -2.41. The molecule has 0 aliphatic carbocycles. The minimum Gasteiger partial charge on any atom is -0.459 e. The van der Waals surface area contributed by atoms with Gasteiger partial charge in [0, 0.05) is 13.2 Å². The highest BCUT2D eigenvalue weighted by atomic mass is 35.5. The first-order valence-corrected chi connectivity index (χ1v) is 9.09. The normalized spacial score (nSPS) is 12.3. The minimum atomic E-state index is -0.839. The summed E-state index contributed by atoms with van der Waals surface area (Å²) in [6, 6.07) is -0.239. The molecule has 0 saturated heterocycles. The Bertz CT molecular complexity index is 712. The molecule has 0 amide bonds. The zero-order valence-electron chi connectivity index (χ0n) is 14.1. The molecule has 1 atom stereocenters. The Morgan fingerprint density at radius 1 is 0.704 bits per heavy atom. The van der Waals surface area contributed by atoms with Gasteiger partial charge in [0.05, 0.1) is 0 Å². The van der Waals surface area contributed by atoms with Crippen LogP contribution >= 0.6 is 46.4 Å². The van der Waals surface area contributed by atoms with Gasteiger partial charge in [-0.2, -0.15) is 29.9 Å². The fourth-order valence-electron chi connectivity index (χ4n) is 1.79. The summed E-state index contributed by atoms with van der Waals surface area (Å²) in [7, 11) is 0. The van der Waals surface area contributed by atoms with Crippen LogP contribution in [0.3, 0.4) is 0 Å². The van der Waals surface area contributed by atoms with Gasteiger partial charge in [-0.05, 0) is 60.3 Å². The van der Waals surface area contributed by atoms with Crippen LogP contribution in [-0.2, 0) is 9.47 Å². The van der Waals surface area contributed by atoms with Gasteiger partial charge in [-0.1, -0.05) is 0 Å². The summed E-state index contributed by atoms with van der Waals surface area (Å²) >= 11 is 23.0. The Morgan fingerprint density at radius 3 is 1.59 bits per heavy atom. The van der Waals surface area contributed by atoms with E-state index in [9.17, 15) is 0 Å². The summed E-state index contributed by atoms with van der Waals surface area (Å²) in [5.74, 6) is 0. The Balaban J connectivity index is 2.19. The van der Waals surface area contributed by atoms with Crippen molar-refractivity contribution >= 4 is 46.4 Å². The molecule has 2 heterocycles. The van der Waals surface area contributed by atoms with Gasteiger partial charge in [-0.3, -0.25) is 0 Å². The number of halogens is 4. The summed E-state index contributed by atoms with van der Waals surface area (Å²) in [5.41, 5.74) is 0. The summed E-state index contributed by atoms with van der Waals surface area (Å²) in [4.78, 5) is 22.6. The number of rotatable bonds is 10. The van der Waals surface area contributed by atoms with Crippen molar-refractivity contribution in [3.05, 3.63) is 21.1 Å². The molecule has 0 spiro atoms. The molecule has 0 saturated carbocycles. The van der Waals surface area contributed by atoms with Gasteiger partial charge in [0.15, 0.2) is 12.4 Å². The van der Waals surface area contributed by atoms with Gasteiger partial charge in [0.1, 0.15) is 6.61 Å². The van der Waals surface area contributed by atoms with Crippen LogP contribution in [0.5, 0.6) is 12.0 Å². The maximum absolute atomic E-state index is 5.77.